The molecule has 3 aliphatic heterocycles. The molecular weight excluding hydrogens is 423 g/mol. The molecule has 0 bridgehead atoms. The Balaban J connectivity index is 0.000000339. The van der Waals surface area contributed by atoms with Crippen molar-refractivity contribution in [2.45, 2.75) is 44.7 Å². The van der Waals surface area contributed by atoms with E-state index in [1.807, 2.05) is 17.9 Å². The van der Waals surface area contributed by atoms with Crippen molar-refractivity contribution in [2.24, 2.45) is 5.92 Å². The van der Waals surface area contributed by atoms with E-state index in [-0.39, 0.29) is 18.1 Å². The summed E-state index contributed by atoms with van der Waals surface area (Å²) in [7, 11) is 0. The Bertz CT molecular complexity index is 765. The van der Waals surface area contributed by atoms with E-state index in [4.69, 9.17) is 23.9 Å². The summed E-state index contributed by atoms with van der Waals surface area (Å²) in [6.45, 7) is 7.22. The Morgan fingerprint density at radius 2 is 1.94 bits per heavy atom. The number of fused-ring (bicyclic) bond motifs is 1. The Morgan fingerprint density at radius 3 is 2.52 bits per heavy atom. The van der Waals surface area contributed by atoms with Gasteiger partial charge in [-0.05, 0) is 32.2 Å². The number of carboxylic acids is 1. The summed E-state index contributed by atoms with van der Waals surface area (Å²) in [4.78, 5) is 25.8. The average Bonchev–Trinajstić information content (AvgIpc) is 3.33. The van der Waals surface area contributed by atoms with E-state index in [9.17, 15) is 18.0 Å². The molecule has 0 spiro atoms. The van der Waals surface area contributed by atoms with Gasteiger partial charge in [0.05, 0.1) is 25.0 Å². The van der Waals surface area contributed by atoms with Crippen LogP contribution in [0.5, 0.6) is 0 Å². The normalized spacial score (nSPS) is 26.7. The summed E-state index contributed by atoms with van der Waals surface area (Å²) >= 11 is 0. The molecule has 3 aliphatic rings. The number of hydrogen-bond acceptors (Lipinski definition) is 7. The van der Waals surface area contributed by atoms with Crippen molar-refractivity contribution in [3.63, 3.8) is 0 Å². The molecule has 1 amide bonds. The first-order chi connectivity index (χ1) is 14.6. The Hall–Kier alpha value is -2.18. The monoisotopic (exact) mass is 449 g/mol. The van der Waals surface area contributed by atoms with Gasteiger partial charge in [-0.2, -0.15) is 13.2 Å². The number of carbonyl (C=O) groups is 2. The molecule has 4 rings (SSSR count). The van der Waals surface area contributed by atoms with Crippen molar-refractivity contribution < 1.29 is 41.9 Å². The van der Waals surface area contributed by atoms with E-state index < -0.39 is 12.1 Å². The fourth-order valence-corrected chi connectivity index (χ4v) is 4.01. The van der Waals surface area contributed by atoms with Crippen LogP contribution < -0.4 is 0 Å². The fraction of sp³-hybridized carbons (Fsp3) is 0.737. The second-order valence-corrected chi connectivity index (χ2v) is 7.85. The Morgan fingerprint density at radius 1 is 1.26 bits per heavy atom. The number of hydrogen-bond donors (Lipinski definition) is 1. The highest BCUT2D eigenvalue weighted by Crippen LogP contribution is 2.34. The van der Waals surface area contributed by atoms with Crippen LogP contribution in [-0.4, -0.2) is 89.7 Å². The fourth-order valence-electron chi connectivity index (χ4n) is 4.01. The summed E-state index contributed by atoms with van der Waals surface area (Å²) in [6.07, 6.45) is -3.26. The number of carboxylic acid groups (broad SMARTS) is 1. The molecule has 12 heteroatoms. The molecule has 4 heterocycles. The number of aryl methyl sites for hydroxylation is 1. The summed E-state index contributed by atoms with van der Waals surface area (Å²) in [5.74, 6) is -1.28. The lowest BCUT2D eigenvalue weighted by molar-refractivity contribution is -0.192. The first-order valence-electron chi connectivity index (χ1n) is 10.1. The van der Waals surface area contributed by atoms with Crippen LogP contribution in [0.25, 0.3) is 0 Å². The molecule has 174 valence electrons. The topological polar surface area (TPSA) is 105 Å². The third-order valence-electron chi connectivity index (χ3n) is 5.54. The molecule has 0 unspecified atom stereocenters. The van der Waals surface area contributed by atoms with Crippen LogP contribution in [0, 0.1) is 12.8 Å². The van der Waals surface area contributed by atoms with Crippen LogP contribution in [0.1, 0.15) is 24.3 Å². The molecule has 3 fully saturated rings. The number of halogens is 3. The van der Waals surface area contributed by atoms with Crippen molar-refractivity contribution in [3.8, 4) is 0 Å². The van der Waals surface area contributed by atoms with Gasteiger partial charge in [-0.3, -0.25) is 9.69 Å². The number of nitrogens with zero attached hydrogens (tertiary/aromatic N) is 3. The number of ether oxygens (including phenoxy) is 2. The number of aliphatic carboxylic acids is 1. The van der Waals surface area contributed by atoms with Crippen LogP contribution >= 0.6 is 0 Å². The van der Waals surface area contributed by atoms with Crippen LogP contribution in [0.4, 0.5) is 13.2 Å². The molecule has 3 atom stereocenters. The number of morpholine rings is 1. The lowest BCUT2D eigenvalue weighted by Crippen LogP contribution is -2.46. The largest absolute Gasteiger partial charge is 0.490 e. The highest BCUT2D eigenvalue weighted by molar-refractivity contribution is 5.81. The summed E-state index contributed by atoms with van der Waals surface area (Å²) in [5.41, 5.74) is 0.963. The van der Waals surface area contributed by atoms with Crippen molar-refractivity contribution >= 4 is 11.9 Å². The number of carbonyl (C=O) groups excluding carboxylic acids is 1. The maximum absolute atomic E-state index is 12.6. The van der Waals surface area contributed by atoms with Gasteiger partial charge >= 0.3 is 12.1 Å². The van der Waals surface area contributed by atoms with E-state index >= 15 is 0 Å². The van der Waals surface area contributed by atoms with E-state index in [0.717, 1.165) is 43.9 Å². The molecule has 1 aromatic heterocycles. The minimum Gasteiger partial charge on any atom is -0.475 e. The van der Waals surface area contributed by atoms with Gasteiger partial charge in [-0.1, -0.05) is 5.16 Å². The zero-order valence-electron chi connectivity index (χ0n) is 17.1. The molecule has 3 saturated heterocycles. The highest BCUT2D eigenvalue weighted by atomic mass is 19.4. The first-order valence-corrected chi connectivity index (χ1v) is 10.1. The van der Waals surface area contributed by atoms with Crippen molar-refractivity contribution in [1.82, 2.24) is 15.0 Å². The molecular formula is C19H26F3N3O6. The molecule has 0 radical (unpaired) electrons. The second-order valence-electron chi connectivity index (χ2n) is 7.85. The summed E-state index contributed by atoms with van der Waals surface area (Å²) < 4.78 is 48.3. The summed E-state index contributed by atoms with van der Waals surface area (Å²) in [6, 6.07) is 1.98. The maximum Gasteiger partial charge on any atom is 0.490 e. The highest BCUT2D eigenvalue weighted by Gasteiger charge is 2.43. The molecule has 1 aromatic rings. The predicted octanol–water partition coefficient (Wildman–Crippen LogP) is 1.45. The van der Waals surface area contributed by atoms with E-state index in [2.05, 4.69) is 10.1 Å². The third kappa shape index (κ3) is 6.40. The molecule has 0 aliphatic carbocycles. The van der Waals surface area contributed by atoms with Gasteiger partial charge < -0.3 is 24.0 Å². The van der Waals surface area contributed by atoms with Gasteiger partial charge in [0.15, 0.2) is 0 Å². The first kappa shape index (κ1) is 23.5. The minimum absolute atomic E-state index is 0.145. The lowest BCUT2D eigenvalue weighted by atomic mass is 9.91. The van der Waals surface area contributed by atoms with Gasteiger partial charge in [-0.25, -0.2) is 4.79 Å². The van der Waals surface area contributed by atoms with Crippen LogP contribution in [-0.2, 0) is 25.6 Å². The molecule has 9 nitrogen and oxygen atoms in total. The number of piperidine rings is 1. The SMILES string of the molecule is Cc1cc(CN2CC[C@H]3C[C@@H](C(=O)N4CCOCC4)O[C@H]3C2)no1.O=C(O)C(F)(F)F. The van der Waals surface area contributed by atoms with Crippen LogP contribution in [0.2, 0.25) is 0 Å². The van der Waals surface area contributed by atoms with Gasteiger partial charge in [0, 0.05) is 32.2 Å². The van der Waals surface area contributed by atoms with Crippen LogP contribution in [0.3, 0.4) is 0 Å². The number of aromatic nitrogens is 1. The zero-order chi connectivity index (χ0) is 22.6. The smallest absolute Gasteiger partial charge is 0.475 e. The zero-order valence-corrected chi connectivity index (χ0v) is 17.1. The Kier molecular flexibility index (Phi) is 7.55. The van der Waals surface area contributed by atoms with Gasteiger partial charge in [0.25, 0.3) is 5.91 Å². The van der Waals surface area contributed by atoms with Gasteiger partial charge in [0.1, 0.15) is 11.9 Å². The third-order valence-corrected chi connectivity index (χ3v) is 5.54. The standard InChI is InChI=1S/C17H25N3O4.C2HF3O2/c1-12-8-14(18-24-12)10-19-3-2-13-9-15(23-16(13)11-19)17(21)20-4-6-22-7-5-20;3-2(4,5)1(6)7/h8,13,15-16H,2-7,9-11H2,1H3;(H,6,7)/t13-,15-,16-;/m0./s1. The van der Waals surface area contributed by atoms with Crippen molar-refractivity contribution in [1.29, 1.82) is 0 Å². The van der Waals surface area contributed by atoms with Crippen molar-refractivity contribution in [2.75, 3.05) is 39.4 Å². The quantitative estimate of drug-likeness (QED) is 0.740. The summed E-state index contributed by atoms with van der Waals surface area (Å²) in [5, 5.41) is 11.2. The number of alkyl halides is 3. The van der Waals surface area contributed by atoms with Gasteiger partial charge in [-0.15, -0.1) is 0 Å². The Labute approximate surface area is 177 Å². The molecule has 0 saturated carbocycles. The van der Waals surface area contributed by atoms with Crippen LogP contribution in [0.15, 0.2) is 10.6 Å². The molecule has 31 heavy (non-hydrogen) atoms. The minimum atomic E-state index is -5.08. The second kappa shape index (κ2) is 9.96. The lowest BCUT2D eigenvalue weighted by Gasteiger charge is -2.33. The van der Waals surface area contributed by atoms with E-state index in [1.165, 1.54) is 0 Å². The molecule has 0 aromatic carbocycles. The van der Waals surface area contributed by atoms with Gasteiger partial charge in [0.2, 0.25) is 0 Å². The van der Waals surface area contributed by atoms with Crippen molar-refractivity contribution in [3.05, 3.63) is 17.5 Å². The number of likely N-dealkylation sites (tertiary alicyclic amines) is 1. The number of amides is 1. The predicted molar refractivity (Wildman–Crippen MR) is 99.0 cm³/mol. The van der Waals surface area contributed by atoms with E-state index in [0.29, 0.717) is 32.2 Å². The average molecular weight is 449 g/mol. The maximum atomic E-state index is 12.6. The van der Waals surface area contributed by atoms with E-state index in [1.54, 1.807) is 0 Å². The number of rotatable bonds is 3. The molecule has 1 N–H and O–H groups in total.